The number of aromatic nitrogens is 1. The number of amides is 1. The van der Waals surface area contributed by atoms with Crippen molar-refractivity contribution in [2.75, 3.05) is 13.1 Å². The molecule has 1 aromatic carbocycles. The Morgan fingerprint density at radius 1 is 1.19 bits per heavy atom. The van der Waals surface area contributed by atoms with Crippen LogP contribution in [0.1, 0.15) is 25.8 Å². The number of hydrogen-bond acceptors (Lipinski definition) is 3. The molecule has 0 bridgehead atoms. The maximum Gasteiger partial charge on any atom is 0.221 e. The summed E-state index contributed by atoms with van der Waals surface area (Å²) in [7, 11) is 0. The molecule has 21 heavy (non-hydrogen) atoms. The third kappa shape index (κ3) is 4.83. The van der Waals surface area contributed by atoms with E-state index in [0.29, 0.717) is 19.0 Å². The Bertz CT molecular complexity index is 590. The van der Waals surface area contributed by atoms with Crippen LogP contribution in [0.15, 0.2) is 36.5 Å². The Balaban J connectivity index is 1.81. The minimum atomic E-state index is 0.0938. The van der Waals surface area contributed by atoms with E-state index in [4.69, 9.17) is 0 Å². The average molecular weight is 285 g/mol. The molecule has 0 saturated carbocycles. The van der Waals surface area contributed by atoms with Crippen LogP contribution in [0.5, 0.6) is 0 Å². The molecular formula is C17H23N3O. The van der Waals surface area contributed by atoms with Gasteiger partial charge in [-0.25, -0.2) is 0 Å². The van der Waals surface area contributed by atoms with Gasteiger partial charge in [-0.3, -0.25) is 9.78 Å². The van der Waals surface area contributed by atoms with E-state index >= 15 is 0 Å². The van der Waals surface area contributed by atoms with Crippen LogP contribution in [0, 0.1) is 0 Å². The van der Waals surface area contributed by atoms with E-state index < -0.39 is 0 Å². The quantitative estimate of drug-likeness (QED) is 0.820. The summed E-state index contributed by atoms with van der Waals surface area (Å²) in [5.74, 6) is 0.0938. The van der Waals surface area contributed by atoms with Gasteiger partial charge in [-0.15, -0.1) is 0 Å². The van der Waals surface area contributed by atoms with Gasteiger partial charge in [0.25, 0.3) is 0 Å². The van der Waals surface area contributed by atoms with Crippen LogP contribution in [-0.4, -0.2) is 30.0 Å². The highest BCUT2D eigenvalue weighted by Gasteiger charge is 2.04. The van der Waals surface area contributed by atoms with Gasteiger partial charge in [0.05, 0.1) is 5.52 Å². The van der Waals surface area contributed by atoms with E-state index in [1.54, 1.807) is 0 Å². The largest absolute Gasteiger partial charge is 0.356 e. The van der Waals surface area contributed by atoms with Crippen molar-refractivity contribution >= 4 is 16.8 Å². The van der Waals surface area contributed by atoms with Crippen LogP contribution in [0.25, 0.3) is 10.9 Å². The molecule has 1 aromatic heterocycles. The molecule has 0 spiro atoms. The molecular weight excluding hydrogens is 262 g/mol. The monoisotopic (exact) mass is 285 g/mol. The van der Waals surface area contributed by atoms with Gasteiger partial charge in [-0.1, -0.05) is 38.1 Å². The van der Waals surface area contributed by atoms with Crippen LogP contribution in [0.3, 0.4) is 0 Å². The van der Waals surface area contributed by atoms with E-state index in [-0.39, 0.29) is 5.91 Å². The molecule has 0 aliphatic rings. The number of carbonyl (C=O) groups is 1. The highest BCUT2D eigenvalue weighted by Crippen LogP contribution is 2.15. The third-order valence-electron chi connectivity index (χ3n) is 3.34. The first-order valence-corrected chi connectivity index (χ1v) is 7.49. The molecule has 2 rings (SSSR count). The fourth-order valence-electron chi connectivity index (χ4n) is 2.27. The molecule has 2 N–H and O–H groups in total. The molecule has 4 nitrogen and oxygen atoms in total. The van der Waals surface area contributed by atoms with Gasteiger partial charge in [0.1, 0.15) is 0 Å². The van der Waals surface area contributed by atoms with Gasteiger partial charge < -0.3 is 10.6 Å². The van der Waals surface area contributed by atoms with Crippen molar-refractivity contribution < 1.29 is 4.79 Å². The average Bonchev–Trinajstić information content (AvgIpc) is 2.47. The zero-order valence-electron chi connectivity index (χ0n) is 12.7. The van der Waals surface area contributed by atoms with E-state index in [2.05, 4.69) is 47.7 Å². The number of carbonyl (C=O) groups excluding carboxylic acids is 1. The second kappa shape index (κ2) is 7.74. The number of fused-ring (bicyclic) bond motifs is 1. The van der Waals surface area contributed by atoms with Gasteiger partial charge in [0.15, 0.2) is 0 Å². The molecule has 0 fully saturated rings. The number of para-hydroxylation sites is 1. The summed E-state index contributed by atoms with van der Waals surface area (Å²) in [4.78, 5) is 16.1. The number of nitrogens with zero attached hydrogens (tertiary/aromatic N) is 1. The summed E-state index contributed by atoms with van der Waals surface area (Å²) in [6, 6.07) is 10.6. The first kappa shape index (κ1) is 15.4. The predicted octanol–water partition coefficient (Wildman–Crippen LogP) is 2.28. The summed E-state index contributed by atoms with van der Waals surface area (Å²) >= 11 is 0. The molecule has 1 amide bonds. The van der Waals surface area contributed by atoms with Crippen LogP contribution >= 0.6 is 0 Å². The summed E-state index contributed by atoms with van der Waals surface area (Å²) in [5.41, 5.74) is 2.20. The van der Waals surface area contributed by atoms with Gasteiger partial charge in [-0.05, 0) is 18.1 Å². The Labute approximate surface area is 126 Å². The first-order chi connectivity index (χ1) is 10.2. The Morgan fingerprint density at radius 2 is 2.00 bits per heavy atom. The molecule has 0 atom stereocenters. The Morgan fingerprint density at radius 3 is 2.81 bits per heavy atom. The molecule has 0 aliphatic carbocycles. The van der Waals surface area contributed by atoms with Crippen molar-refractivity contribution in [3.63, 3.8) is 0 Å². The standard InChI is InChI=1S/C17H23N3O/c1-13(2)18-12-9-16(21)19-11-8-15-6-3-5-14-7-4-10-20-17(14)15/h3-7,10,13,18H,8-9,11-12H2,1-2H3,(H,19,21). The van der Waals surface area contributed by atoms with Gasteiger partial charge in [0, 0.05) is 37.1 Å². The number of hydrogen-bond donors (Lipinski definition) is 2. The van der Waals surface area contributed by atoms with Crippen molar-refractivity contribution in [2.24, 2.45) is 0 Å². The normalized spacial score (nSPS) is 11.0. The van der Waals surface area contributed by atoms with Crippen LogP contribution < -0.4 is 10.6 Å². The number of rotatable bonds is 7. The smallest absolute Gasteiger partial charge is 0.221 e. The molecule has 2 aromatic rings. The SMILES string of the molecule is CC(C)NCCC(=O)NCCc1cccc2cccnc12. The topological polar surface area (TPSA) is 54.0 Å². The minimum Gasteiger partial charge on any atom is -0.356 e. The fraction of sp³-hybridized carbons (Fsp3) is 0.412. The van der Waals surface area contributed by atoms with Crippen molar-refractivity contribution in [1.29, 1.82) is 0 Å². The third-order valence-corrected chi connectivity index (χ3v) is 3.34. The summed E-state index contributed by atoms with van der Waals surface area (Å²) < 4.78 is 0. The second-order valence-electron chi connectivity index (χ2n) is 5.45. The molecule has 0 saturated heterocycles. The van der Waals surface area contributed by atoms with Crippen molar-refractivity contribution in [2.45, 2.75) is 32.7 Å². The minimum absolute atomic E-state index is 0.0938. The lowest BCUT2D eigenvalue weighted by Gasteiger charge is -2.09. The lowest BCUT2D eigenvalue weighted by molar-refractivity contribution is -0.120. The van der Waals surface area contributed by atoms with E-state index in [1.165, 1.54) is 5.56 Å². The van der Waals surface area contributed by atoms with Gasteiger partial charge in [-0.2, -0.15) is 0 Å². The van der Waals surface area contributed by atoms with Crippen LogP contribution in [0.4, 0.5) is 0 Å². The van der Waals surface area contributed by atoms with Crippen molar-refractivity contribution in [3.05, 3.63) is 42.1 Å². The summed E-state index contributed by atoms with van der Waals surface area (Å²) in [6.07, 6.45) is 3.13. The molecule has 0 unspecified atom stereocenters. The zero-order valence-corrected chi connectivity index (χ0v) is 12.7. The number of pyridine rings is 1. The molecule has 4 heteroatoms. The molecule has 0 radical (unpaired) electrons. The zero-order chi connectivity index (χ0) is 15.1. The Kier molecular flexibility index (Phi) is 5.69. The second-order valence-corrected chi connectivity index (χ2v) is 5.45. The fourth-order valence-corrected chi connectivity index (χ4v) is 2.27. The maximum absolute atomic E-state index is 11.7. The van der Waals surface area contributed by atoms with Gasteiger partial charge >= 0.3 is 0 Å². The predicted molar refractivity (Wildman–Crippen MR) is 86.2 cm³/mol. The van der Waals surface area contributed by atoms with Crippen LogP contribution in [0.2, 0.25) is 0 Å². The van der Waals surface area contributed by atoms with Crippen LogP contribution in [-0.2, 0) is 11.2 Å². The van der Waals surface area contributed by atoms with Crippen molar-refractivity contribution in [3.8, 4) is 0 Å². The molecule has 1 heterocycles. The maximum atomic E-state index is 11.7. The highest BCUT2D eigenvalue weighted by molar-refractivity contribution is 5.81. The number of nitrogens with one attached hydrogen (secondary N) is 2. The Hall–Kier alpha value is -1.94. The highest BCUT2D eigenvalue weighted by atomic mass is 16.1. The van der Waals surface area contributed by atoms with Gasteiger partial charge in [0.2, 0.25) is 5.91 Å². The first-order valence-electron chi connectivity index (χ1n) is 7.49. The lowest BCUT2D eigenvalue weighted by atomic mass is 10.1. The van der Waals surface area contributed by atoms with E-state index in [0.717, 1.165) is 23.9 Å². The lowest BCUT2D eigenvalue weighted by Crippen LogP contribution is -2.31. The number of benzene rings is 1. The molecule has 0 aliphatic heterocycles. The van der Waals surface area contributed by atoms with Crippen molar-refractivity contribution in [1.82, 2.24) is 15.6 Å². The van der Waals surface area contributed by atoms with E-state index in [1.807, 2.05) is 18.3 Å². The summed E-state index contributed by atoms with van der Waals surface area (Å²) in [5, 5.41) is 7.34. The van der Waals surface area contributed by atoms with E-state index in [9.17, 15) is 4.79 Å². The summed E-state index contributed by atoms with van der Waals surface area (Å²) in [6.45, 7) is 5.52. The molecule has 112 valence electrons.